The molecule has 1 aliphatic heterocycles. The van der Waals surface area contributed by atoms with E-state index in [1.807, 2.05) is 14.9 Å². The number of morpholine rings is 1. The summed E-state index contributed by atoms with van der Waals surface area (Å²) in [5.41, 5.74) is -0.992. The van der Waals surface area contributed by atoms with Crippen molar-refractivity contribution in [3.05, 3.63) is 30.1 Å². The predicted octanol–water partition coefficient (Wildman–Crippen LogP) is 1.48. The van der Waals surface area contributed by atoms with Crippen LogP contribution in [0.25, 0.3) is 11.0 Å². The molecule has 4 N–H and O–H groups in total. The lowest BCUT2D eigenvalue weighted by Gasteiger charge is -2.27. The summed E-state index contributed by atoms with van der Waals surface area (Å²) in [6.45, 7) is 2.14. The number of urea groups is 1. The lowest BCUT2D eigenvalue weighted by molar-refractivity contribution is 0.122. The number of aromatic amines is 1. The Balaban J connectivity index is 1.60. The Morgan fingerprint density at radius 1 is 1.19 bits per heavy atom. The normalized spacial score (nSPS) is 14.4. The number of anilines is 4. The van der Waals surface area contributed by atoms with Gasteiger partial charge in [0.25, 0.3) is 0 Å². The van der Waals surface area contributed by atoms with Crippen LogP contribution in [0.5, 0.6) is 0 Å². The molecule has 1 aliphatic rings. The number of hydrogen-bond donors (Lipinski definition) is 4. The first-order valence-corrected chi connectivity index (χ1v) is 11.2. The molecule has 0 aliphatic carbocycles. The quantitative estimate of drug-likeness (QED) is 0.439. The van der Waals surface area contributed by atoms with Crippen molar-refractivity contribution >= 4 is 50.1 Å². The average molecular weight is 468 g/mol. The smallest absolute Gasteiger partial charge is 0.325 e. The molecule has 3 aromatic rings. The van der Waals surface area contributed by atoms with E-state index in [0.717, 1.165) is 18.4 Å². The lowest BCUT2D eigenvalue weighted by atomic mass is 10.2. The number of benzene rings is 1. The Bertz CT molecular complexity index is 1280. The molecule has 1 fully saturated rings. The van der Waals surface area contributed by atoms with Gasteiger partial charge in [-0.1, -0.05) is 0 Å². The molecular weight excluding hydrogens is 450 g/mol. The molecule has 0 saturated carbocycles. The first-order chi connectivity index (χ1) is 15.2. The number of carbonyl (C=O) groups excluding carboxylic acids is 1. The molecule has 3 heterocycles. The predicted molar refractivity (Wildman–Crippen MR) is 112 cm³/mol. The lowest BCUT2D eigenvalue weighted by Crippen LogP contribution is -2.36. The van der Waals surface area contributed by atoms with E-state index >= 15 is 0 Å². The highest BCUT2D eigenvalue weighted by Crippen LogP contribution is 2.30. The standard InChI is InChI=1S/C17H18F2N8O4S/c1-32(29,30)26-10-3-2-9(18)13(12(10)19)22-17(28)23-14-11-15(21-8-20-14)24-25-16(11)27-4-6-31-7-5-27/h2-3,8,26H,4-7H2,1H3,(H3,20,21,22,23,24,25,28). The van der Waals surface area contributed by atoms with Gasteiger partial charge in [0.15, 0.2) is 23.1 Å². The summed E-state index contributed by atoms with van der Waals surface area (Å²) in [4.78, 5) is 22.6. The van der Waals surface area contributed by atoms with Gasteiger partial charge in [0.2, 0.25) is 10.0 Å². The molecule has 1 saturated heterocycles. The second-order valence-corrected chi connectivity index (χ2v) is 8.58. The van der Waals surface area contributed by atoms with Crippen LogP contribution in [0.1, 0.15) is 0 Å². The van der Waals surface area contributed by atoms with Gasteiger partial charge in [-0.25, -0.2) is 32.0 Å². The number of fused-ring (bicyclic) bond motifs is 1. The van der Waals surface area contributed by atoms with Crippen molar-refractivity contribution < 1.29 is 26.7 Å². The third-order valence-electron chi connectivity index (χ3n) is 4.51. The molecule has 0 unspecified atom stereocenters. The molecule has 0 atom stereocenters. The molecule has 170 valence electrons. The van der Waals surface area contributed by atoms with E-state index in [1.165, 1.54) is 6.33 Å². The summed E-state index contributed by atoms with van der Waals surface area (Å²) in [7, 11) is -3.82. The maximum atomic E-state index is 14.6. The number of sulfonamides is 1. The summed E-state index contributed by atoms with van der Waals surface area (Å²) >= 11 is 0. The average Bonchev–Trinajstić information content (AvgIpc) is 3.18. The number of nitrogens with one attached hydrogen (secondary N) is 4. The molecular formula is C17H18F2N8O4S. The summed E-state index contributed by atoms with van der Waals surface area (Å²) in [6, 6.07) is 0.721. The Labute approximate surface area is 180 Å². The van der Waals surface area contributed by atoms with Crippen LogP contribution < -0.4 is 20.3 Å². The Morgan fingerprint density at radius 3 is 2.66 bits per heavy atom. The molecule has 2 aromatic heterocycles. The van der Waals surface area contributed by atoms with E-state index in [4.69, 9.17) is 4.74 Å². The number of ether oxygens (including phenoxy) is 1. The van der Waals surface area contributed by atoms with Gasteiger partial charge in [-0.15, -0.1) is 0 Å². The second-order valence-electron chi connectivity index (χ2n) is 6.83. The molecule has 0 bridgehead atoms. The number of H-pyrrole nitrogens is 1. The van der Waals surface area contributed by atoms with Crippen LogP contribution in [0.4, 0.5) is 36.6 Å². The van der Waals surface area contributed by atoms with Gasteiger partial charge < -0.3 is 15.0 Å². The fourth-order valence-electron chi connectivity index (χ4n) is 3.14. The molecule has 0 spiro atoms. The van der Waals surface area contributed by atoms with E-state index in [2.05, 4.69) is 25.5 Å². The molecule has 2 amide bonds. The number of rotatable bonds is 5. The van der Waals surface area contributed by atoms with E-state index in [9.17, 15) is 22.0 Å². The Kier molecular flexibility index (Phi) is 5.75. The Hall–Kier alpha value is -3.59. The number of nitrogens with zero attached hydrogens (tertiary/aromatic N) is 4. The summed E-state index contributed by atoms with van der Waals surface area (Å²) < 4.78 is 58.7. The number of amides is 2. The highest BCUT2D eigenvalue weighted by molar-refractivity contribution is 7.92. The van der Waals surface area contributed by atoms with E-state index < -0.39 is 39.1 Å². The fourth-order valence-corrected chi connectivity index (χ4v) is 3.70. The molecule has 1 aromatic carbocycles. The van der Waals surface area contributed by atoms with Gasteiger partial charge in [0.1, 0.15) is 23.2 Å². The minimum atomic E-state index is -3.82. The topological polar surface area (TPSA) is 154 Å². The maximum Gasteiger partial charge on any atom is 0.325 e. The van der Waals surface area contributed by atoms with Crippen molar-refractivity contribution in [2.24, 2.45) is 0 Å². The van der Waals surface area contributed by atoms with Gasteiger partial charge in [-0.05, 0) is 12.1 Å². The largest absolute Gasteiger partial charge is 0.378 e. The minimum Gasteiger partial charge on any atom is -0.378 e. The van der Waals surface area contributed by atoms with Crippen LogP contribution in [0.3, 0.4) is 0 Å². The monoisotopic (exact) mass is 468 g/mol. The van der Waals surface area contributed by atoms with Crippen LogP contribution in [-0.2, 0) is 14.8 Å². The third-order valence-corrected chi connectivity index (χ3v) is 5.10. The number of hydrogen-bond acceptors (Lipinski definition) is 8. The minimum absolute atomic E-state index is 0.0639. The molecule has 4 rings (SSSR count). The fraction of sp³-hybridized carbons (Fsp3) is 0.294. The second kappa shape index (κ2) is 8.51. The maximum absolute atomic E-state index is 14.6. The zero-order valence-corrected chi connectivity index (χ0v) is 17.5. The molecule has 12 nitrogen and oxygen atoms in total. The summed E-state index contributed by atoms with van der Waals surface area (Å²) in [6.07, 6.45) is 2.00. The van der Waals surface area contributed by atoms with Gasteiger partial charge in [0, 0.05) is 13.1 Å². The van der Waals surface area contributed by atoms with Gasteiger partial charge in [-0.2, -0.15) is 5.10 Å². The first-order valence-electron chi connectivity index (χ1n) is 9.28. The highest BCUT2D eigenvalue weighted by atomic mass is 32.2. The van der Waals surface area contributed by atoms with E-state index in [1.54, 1.807) is 0 Å². The van der Waals surface area contributed by atoms with E-state index in [0.29, 0.717) is 43.2 Å². The molecule has 15 heteroatoms. The zero-order valence-electron chi connectivity index (χ0n) is 16.6. The van der Waals surface area contributed by atoms with Crippen LogP contribution in [0.15, 0.2) is 18.5 Å². The van der Waals surface area contributed by atoms with Crippen molar-refractivity contribution in [2.45, 2.75) is 0 Å². The first kappa shape index (κ1) is 21.6. The Morgan fingerprint density at radius 2 is 1.94 bits per heavy atom. The van der Waals surface area contributed by atoms with Gasteiger partial charge in [-0.3, -0.25) is 15.1 Å². The van der Waals surface area contributed by atoms with Crippen molar-refractivity contribution in [3.63, 3.8) is 0 Å². The van der Waals surface area contributed by atoms with Crippen molar-refractivity contribution in [1.82, 2.24) is 20.2 Å². The van der Waals surface area contributed by atoms with Crippen LogP contribution >= 0.6 is 0 Å². The van der Waals surface area contributed by atoms with Crippen molar-refractivity contribution in [3.8, 4) is 0 Å². The number of carbonyl (C=O) groups is 1. The third kappa shape index (κ3) is 4.52. The highest BCUT2D eigenvalue weighted by Gasteiger charge is 2.23. The number of aromatic nitrogens is 4. The van der Waals surface area contributed by atoms with E-state index in [-0.39, 0.29) is 5.82 Å². The van der Waals surface area contributed by atoms with Gasteiger partial charge in [0.05, 0.1) is 25.2 Å². The van der Waals surface area contributed by atoms with Crippen LogP contribution in [0, 0.1) is 11.6 Å². The van der Waals surface area contributed by atoms with Crippen LogP contribution in [-0.4, -0.2) is 67.2 Å². The number of halogens is 2. The van der Waals surface area contributed by atoms with Crippen LogP contribution in [0.2, 0.25) is 0 Å². The zero-order chi connectivity index (χ0) is 22.9. The van der Waals surface area contributed by atoms with Gasteiger partial charge >= 0.3 is 6.03 Å². The summed E-state index contributed by atoms with van der Waals surface area (Å²) in [5, 5.41) is 11.9. The van der Waals surface area contributed by atoms with Crippen molar-refractivity contribution in [2.75, 3.05) is 52.8 Å². The van der Waals surface area contributed by atoms with Crippen molar-refractivity contribution in [1.29, 1.82) is 0 Å². The molecule has 0 radical (unpaired) electrons. The molecule has 32 heavy (non-hydrogen) atoms. The SMILES string of the molecule is CS(=O)(=O)Nc1ccc(F)c(NC(=O)Nc2ncnc3[nH]nc(N4CCOCC4)c23)c1F. The summed E-state index contributed by atoms with van der Waals surface area (Å²) in [5.74, 6) is -1.82.